The minimum absolute atomic E-state index is 0.00542. The highest BCUT2D eigenvalue weighted by molar-refractivity contribution is 6.35. The summed E-state index contributed by atoms with van der Waals surface area (Å²) in [5, 5.41) is 12.7. The molecule has 3 amide bonds. The Hall–Kier alpha value is -3.68. The van der Waals surface area contributed by atoms with Crippen molar-refractivity contribution in [1.82, 2.24) is 10.7 Å². The molecule has 4 N–H and O–H groups in total. The van der Waals surface area contributed by atoms with E-state index in [-0.39, 0.29) is 18.4 Å². The number of amides is 3. The van der Waals surface area contributed by atoms with Crippen LogP contribution in [0.15, 0.2) is 59.7 Å². The third-order valence-corrected chi connectivity index (χ3v) is 5.14. The van der Waals surface area contributed by atoms with Crippen molar-refractivity contribution >= 4 is 40.5 Å². The van der Waals surface area contributed by atoms with E-state index >= 15 is 0 Å². The van der Waals surface area contributed by atoms with E-state index < -0.39 is 11.8 Å². The molecule has 1 aliphatic carbocycles. The summed E-state index contributed by atoms with van der Waals surface area (Å²) in [4.78, 5) is 36.1. The first-order valence-corrected chi connectivity index (χ1v) is 10.9. The summed E-state index contributed by atoms with van der Waals surface area (Å²) in [6.07, 6.45) is 5.07. The molecule has 0 atom stereocenters. The van der Waals surface area contributed by atoms with Crippen molar-refractivity contribution in [2.24, 2.45) is 5.10 Å². The summed E-state index contributed by atoms with van der Waals surface area (Å²) < 4.78 is 0. The third kappa shape index (κ3) is 7.54. The molecule has 0 saturated heterocycles. The number of nitrogens with zero attached hydrogens (tertiary/aromatic N) is 1. The zero-order chi connectivity index (χ0) is 22.8. The molecule has 0 radical (unpaired) electrons. The molecule has 2 aromatic carbocycles. The van der Waals surface area contributed by atoms with Gasteiger partial charge in [0.05, 0.1) is 6.42 Å². The molecule has 1 fully saturated rings. The highest BCUT2D eigenvalue weighted by atomic mass is 16.2. The van der Waals surface area contributed by atoms with E-state index in [1.807, 2.05) is 42.5 Å². The van der Waals surface area contributed by atoms with E-state index in [1.165, 1.54) is 6.42 Å². The number of nitrogens with one attached hydrogen (secondary N) is 4. The first kappa shape index (κ1) is 23.0. The molecule has 0 aromatic heterocycles. The molecule has 0 heterocycles. The van der Waals surface area contributed by atoms with Crippen molar-refractivity contribution in [1.29, 1.82) is 0 Å². The Labute approximate surface area is 187 Å². The van der Waals surface area contributed by atoms with Crippen LogP contribution in [-0.2, 0) is 14.4 Å². The summed E-state index contributed by atoms with van der Waals surface area (Å²) in [6.45, 7) is 1.62. The van der Waals surface area contributed by atoms with Crippen LogP contribution in [-0.4, -0.2) is 29.5 Å². The minimum Gasteiger partial charge on any atom is -0.356 e. The van der Waals surface area contributed by atoms with E-state index in [0.717, 1.165) is 37.1 Å². The molecule has 2 aromatic rings. The summed E-state index contributed by atoms with van der Waals surface area (Å²) in [7, 11) is 0. The molecule has 0 unspecified atom stereocenters. The van der Waals surface area contributed by atoms with Crippen molar-refractivity contribution in [3.8, 4) is 0 Å². The fraction of sp³-hybridized carbons (Fsp3) is 0.333. The zero-order valence-electron chi connectivity index (χ0n) is 18.2. The van der Waals surface area contributed by atoms with E-state index in [9.17, 15) is 14.4 Å². The van der Waals surface area contributed by atoms with Gasteiger partial charge in [0.1, 0.15) is 0 Å². The summed E-state index contributed by atoms with van der Waals surface area (Å²) >= 11 is 0. The average molecular weight is 436 g/mol. The van der Waals surface area contributed by atoms with Crippen molar-refractivity contribution in [2.75, 3.05) is 10.6 Å². The Balaban J connectivity index is 1.42. The molecule has 8 nitrogen and oxygen atoms in total. The lowest BCUT2D eigenvalue weighted by Gasteiger charge is -2.22. The van der Waals surface area contributed by atoms with Gasteiger partial charge < -0.3 is 16.0 Å². The number of hydrogen-bond donors (Lipinski definition) is 4. The first-order chi connectivity index (χ1) is 15.5. The number of hydrazone groups is 1. The molecular weight excluding hydrogens is 406 g/mol. The van der Waals surface area contributed by atoms with Gasteiger partial charge in [0.25, 0.3) is 0 Å². The van der Waals surface area contributed by atoms with Crippen molar-refractivity contribution in [2.45, 2.75) is 51.5 Å². The fourth-order valence-corrected chi connectivity index (χ4v) is 3.50. The topological polar surface area (TPSA) is 112 Å². The van der Waals surface area contributed by atoms with Crippen LogP contribution in [0.4, 0.5) is 17.1 Å². The summed E-state index contributed by atoms with van der Waals surface area (Å²) in [5.41, 5.74) is 5.14. The van der Waals surface area contributed by atoms with Crippen LogP contribution in [0.25, 0.3) is 0 Å². The monoisotopic (exact) mass is 435 g/mol. The molecule has 168 valence electrons. The number of carbonyl (C=O) groups excluding carboxylic acids is 3. The van der Waals surface area contributed by atoms with Gasteiger partial charge in [-0.3, -0.25) is 14.4 Å². The molecule has 1 saturated carbocycles. The van der Waals surface area contributed by atoms with Crippen molar-refractivity contribution in [3.63, 3.8) is 0 Å². The van der Waals surface area contributed by atoms with Gasteiger partial charge in [-0.2, -0.15) is 5.10 Å². The SMILES string of the molecule is C/C(CC(=O)Nc1ccc(Nc2ccccc2)cc1)=N\NC(=O)C(=O)NC1CCCCC1. The van der Waals surface area contributed by atoms with E-state index in [2.05, 4.69) is 26.5 Å². The maximum atomic E-state index is 12.2. The van der Waals surface area contributed by atoms with Crippen LogP contribution in [0.3, 0.4) is 0 Å². The molecule has 1 aliphatic rings. The first-order valence-electron chi connectivity index (χ1n) is 10.9. The minimum atomic E-state index is -0.822. The Kier molecular flexibility index (Phi) is 8.36. The molecule has 0 aliphatic heterocycles. The van der Waals surface area contributed by atoms with Gasteiger partial charge in [-0.1, -0.05) is 37.5 Å². The molecule has 0 spiro atoms. The fourth-order valence-electron chi connectivity index (χ4n) is 3.50. The van der Waals surface area contributed by atoms with Gasteiger partial charge in [-0.15, -0.1) is 0 Å². The third-order valence-electron chi connectivity index (χ3n) is 5.14. The predicted octanol–water partition coefficient (Wildman–Crippen LogP) is 3.70. The standard InChI is InChI=1S/C24H29N5O3/c1-17(28-29-24(32)23(31)27-19-10-6-3-7-11-19)16-22(30)26-21-14-12-20(13-15-21)25-18-8-4-2-5-9-18/h2,4-5,8-9,12-15,19,25H,3,6-7,10-11,16H2,1H3,(H,26,30)(H,27,31)(H,29,32)/b28-17+. The van der Waals surface area contributed by atoms with Crippen LogP contribution in [0.1, 0.15) is 45.4 Å². The van der Waals surface area contributed by atoms with Crippen molar-refractivity contribution in [3.05, 3.63) is 54.6 Å². The van der Waals surface area contributed by atoms with Gasteiger partial charge in [-0.05, 0) is 56.2 Å². The molecule has 3 rings (SSSR count). The van der Waals surface area contributed by atoms with Crippen LogP contribution in [0.5, 0.6) is 0 Å². The Morgan fingerprint density at radius 3 is 2.16 bits per heavy atom. The van der Waals surface area contributed by atoms with E-state index in [1.54, 1.807) is 19.1 Å². The lowest BCUT2D eigenvalue weighted by atomic mass is 9.95. The van der Waals surface area contributed by atoms with Gasteiger partial charge in [0.2, 0.25) is 5.91 Å². The largest absolute Gasteiger partial charge is 0.356 e. The number of rotatable bonds is 7. The quantitative estimate of drug-likeness (QED) is 0.302. The van der Waals surface area contributed by atoms with Crippen molar-refractivity contribution < 1.29 is 14.4 Å². The second kappa shape index (κ2) is 11.6. The maximum absolute atomic E-state index is 12.2. The highest BCUT2D eigenvalue weighted by Crippen LogP contribution is 2.19. The van der Waals surface area contributed by atoms with Crippen LogP contribution in [0, 0.1) is 0 Å². The predicted molar refractivity (Wildman–Crippen MR) is 126 cm³/mol. The van der Waals surface area contributed by atoms with E-state index in [0.29, 0.717) is 11.4 Å². The Morgan fingerprint density at radius 1 is 0.844 bits per heavy atom. The molecule has 32 heavy (non-hydrogen) atoms. The Morgan fingerprint density at radius 2 is 1.47 bits per heavy atom. The normalized spacial score (nSPS) is 14.3. The Bertz CT molecular complexity index is 951. The maximum Gasteiger partial charge on any atom is 0.329 e. The van der Waals surface area contributed by atoms with Crippen LogP contribution in [0.2, 0.25) is 0 Å². The smallest absolute Gasteiger partial charge is 0.329 e. The number of hydrogen-bond acceptors (Lipinski definition) is 5. The van der Waals surface area contributed by atoms with Gasteiger partial charge in [0.15, 0.2) is 0 Å². The number of benzene rings is 2. The van der Waals surface area contributed by atoms with Crippen LogP contribution >= 0.6 is 0 Å². The molecule has 8 heteroatoms. The lowest BCUT2D eigenvalue weighted by Crippen LogP contribution is -2.44. The van der Waals surface area contributed by atoms with Gasteiger partial charge in [0, 0.05) is 28.8 Å². The molecular formula is C24H29N5O3. The van der Waals surface area contributed by atoms with E-state index in [4.69, 9.17) is 0 Å². The molecule has 0 bridgehead atoms. The second-order valence-corrected chi connectivity index (χ2v) is 7.89. The number of anilines is 3. The summed E-state index contributed by atoms with van der Waals surface area (Å²) in [5.74, 6) is -1.78. The second-order valence-electron chi connectivity index (χ2n) is 7.89. The van der Waals surface area contributed by atoms with Gasteiger partial charge >= 0.3 is 11.8 Å². The highest BCUT2D eigenvalue weighted by Gasteiger charge is 2.20. The lowest BCUT2D eigenvalue weighted by molar-refractivity contribution is -0.139. The summed E-state index contributed by atoms with van der Waals surface area (Å²) in [6, 6.07) is 17.2. The average Bonchev–Trinajstić information content (AvgIpc) is 2.80. The number of para-hydroxylation sites is 1. The van der Waals surface area contributed by atoms with Crippen LogP contribution < -0.4 is 21.4 Å². The zero-order valence-corrected chi connectivity index (χ0v) is 18.2. The van der Waals surface area contributed by atoms with Gasteiger partial charge in [-0.25, -0.2) is 5.43 Å². The number of carbonyl (C=O) groups is 3.